The topological polar surface area (TPSA) is 66.5 Å². The maximum Gasteiger partial charge on any atom is 0.248 e. The van der Waals surface area contributed by atoms with Gasteiger partial charge in [-0.15, -0.1) is 0 Å². The Morgan fingerprint density at radius 1 is 1.19 bits per heavy atom. The Hall–Kier alpha value is -2.19. The Labute approximate surface area is 155 Å². The molecular weight excluding hydrogens is 386 g/mol. The highest BCUT2D eigenvalue weighted by atomic mass is 35.5. The Kier molecular flexibility index (Phi) is 6.20. The summed E-state index contributed by atoms with van der Waals surface area (Å²) >= 11 is 5.82. The molecule has 2 rings (SSSR count). The molecule has 0 aliphatic rings. The normalized spacial score (nSPS) is 12.5. The van der Waals surface area contributed by atoms with Crippen molar-refractivity contribution in [3.8, 4) is 0 Å². The summed E-state index contributed by atoms with van der Waals surface area (Å²) in [6.07, 6.45) is 1.10. The highest BCUT2D eigenvalue weighted by molar-refractivity contribution is 7.92. The zero-order valence-corrected chi connectivity index (χ0v) is 15.6. The van der Waals surface area contributed by atoms with E-state index in [2.05, 4.69) is 5.32 Å². The SMILES string of the molecule is CC[C@@H](C(=O)Nc1ccc(F)cc1F)N(c1ccc(Cl)cc1)S(C)(=O)=O. The number of benzene rings is 2. The Morgan fingerprint density at radius 2 is 1.81 bits per heavy atom. The second-order valence-corrected chi connectivity index (χ2v) is 7.87. The van der Waals surface area contributed by atoms with E-state index in [-0.39, 0.29) is 17.8 Å². The Morgan fingerprint density at radius 3 is 2.31 bits per heavy atom. The lowest BCUT2D eigenvalue weighted by Gasteiger charge is -2.30. The average Bonchev–Trinajstić information content (AvgIpc) is 2.55. The van der Waals surface area contributed by atoms with Crippen LogP contribution in [-0.2, 0) is 14.8 Å². The molecule has 0 aliphatic heterocycles. The van der Waals surface area contributed by atoms with Gasteiger partial charge in [0, 0.05) is 11.1 Å². The Bertz CT molecular complexity index is 905. The number of hydrogen-bond donors (Lipinski definition) is 1. The van der Waals surface area contributed by atoms with Gasteiger partial charge in [0.1, 0.15) is 17.7 Å². The maximum absolute atomic E-state index is 13.8. The molecule has 0 saturated heterocycles. The van der Waals surface area contributed by atoms with Crippen LogP contribution in [0.2, 0.25) is 5.02 Å². The number of anilines is 2. The van der Waals surface area contributed by atoms with E-state index in [1.54, 1.807) is 6.92 Å². The van der Waals surface area contributed by atoms with E-state index in [9.17, 15) is 22.0 Å². The van der Waals surface area contributed by atoms with Gasteiger partial charge in [-0.05, 0) is 42.8 Å². The van der Waals surface area contributed by atoms with Crippen LogP contribution in [0.1, 0.15) is 13.3 Å². The summed E-state index contributed by atoms with van der Waals surface area (Å²) in [6, 6.07) is 7.50. The van der Waals surface area contributed by atoms with E-state index in [4.69, 9.17) is 11.6 Å². The van der Waals surface area contributed by atoms with Crippen LogP contribution in [0.25, 0.3) is 0 Å². The number of carbonyl (C=O) groups is 1. The molecule has 1 amide bonds. The molecule has 0 bridgehead atoms. The van der Waals surface area contributed by atoms with Crippen molar-refractivity contribution in [2.24, 2.45) is 0 Å². The fourth-order valence-electron chi connectivity index (χ4n) is 2.46. The van der Waals surface area contributed by atoms with Gasteiger partial charge in [-0.25, -0.2) is 17.2 Å². The van der Waals surface area contributed by atoms with Crippen molar-refractivity contribution in [2.75, 3.05) is 15.9 Å². The molecule has 0 saturated carbocycles. The van der Waals surface area contributed by atoms with Gasteiger partial charge < -0.3 is 5.32 Å². The molecule has 0 unspecified atom stereocenters. The van der Waals surface area contributed by atoms with Crippen LogP contribution >= 0.6 is 11.6 Å². The van der Waals surface area contributed by atoms with Gasteiger partial charge in [0.25, 0.3) is 0 Å². The molecule has 140 valence electrons. The smallest absolute Gasteiger partial charge is 0.248 e. The molecule has 2 aromatic carbocycles. The van der Waals surface area contributed by atoms with Crippen molar-refractivity contribution < 1.29 is 22.0 Å². The predicted molar refractivity (Wildman–Crippen MR) is 97.8 cm³/mol. The number of hydrogen-bond acceptors (Lipinski definition) is 3. The van der Waals surface area contributed by atoms with Crippen LogP contribution in [0.3, 0.4) is 0 Å². The van der Waals surface area contributed by atoms with Crippen molar-refractivity contribution in [3.63, 3.8) is 0 Å². The predicted octanol–water partition coefficient (Wildman–Crippen LogP) is 3.80. The minimum absolute atomic E-state index is 0.129. The molecule has 0 radical (unpaired) electrons. The van der Waals surface area contributed by atoms with E-state index in [1.807, 2.05) is 0 Å². The molecule has 2 aromatic rings. The first-order valence-corrected chi connectivity index (χ1v) is 9.87. The second-order valence-electron chi connectivity index (χ2n) is 5.57. The quantitative estimate of drug-likeness (QED) is 0.799. The third kappa shape index (κ3) is 4.70. The molecule has 9 heteroatoms. The van der Waals surface area contributed by atoms with Crippen molar-refractivity contribution in [1.82, 2.24) is 0 Å². The summed E-state index contributed by atoms with van der Waals surface area (Å²) in [5.74, 6) is -2.48. The summed E-state index contributed by atoms with van der Waals surface area (Å²) in [5.41, 5.74) is 0.0119. The molecule has 1 atom stereocenters. The molecule has 1 N–H and O–H groups in total. The third-order valence-electron chi connectivity index (χ3n) is 3.60. The zero-order valence-electron chi connectivity index (χ0n) is 14.0. The second kappa shape index (κ2) is 8.01. The lowest BCUT2D eigenvalue weighted by Crippen LogP contribution is -2.47. The van der Waals surface area contributed by atoms with Gasteiger partial charge in [-0.3, -0.25) is 9.10 Å². The molecule has 0 heterocycles. The van der Waals surface area contributed by atoms with Crippen LogP contribution in [0, 0.1) is 11.6 Å². The summed E-state index contributed by atoms with van der Waals surface area (Å²) in [4.78, 5) is 12.6. The number of rotatable bonds is 6. The standard InChI is InChI=1S/C17H17ClF2N2O3S/c1-3-16(17(23)21-15-9-6-12(19)10-14(15)20)22(26(2,24)25)13-7-4-11(18)5-8-13/h4-10,16H,3H2,1-2H3,(H,21,23)/t16-/m0/s1. The summed E-state index contributed by atoms with van der Waals surface area (Å²) in [7, 11) is -3.82. The largest absolute Gasteiger partial charge is 0.322 e. The fraction of sp³-hybridized carbons (Fsp3) is 0.235. The van der Waals surface area contributed by atoms with Gasteiger partial charge in [-0.1, -0.05) is 18.5 Å². The zero-order chi connectivity index (χ0) is 19.5. The van der Waals surface area contributed by atoms with Gasteiger partial charge >= 0.3 is 0 Å². The van der Waals surface area contributed by atoms with E-state index in [1.165, 1.54) is 24.3 Å². The van der Waals surface area contributed by atoms with E-state index >= 15 is 0 Å². The number of carbonyl (C=O) groups excluding carboxylic acids is 1. The van der Waals surface area contributed by atoms with Crippen LogP contribution < -0.4 is 9.62 Å². The molecule has 0 aromatic heterocycles. The van der Waals surface area contributed by atoms with Crippen LogP contribution in [0.15, 0.2) is 42.5 Å². The molecular formula is C17H17ClF2N2O3S. The van der Waals surface area contributed by atoms with Crippen molar-refractivity contribution >= 4 is 38.9 Å². The first-order chi connectivity index (χ1) is 12.1. The lowest BCUT2D eigenvalue weighted by molar-refractivity contribution is -0.117. The lowest BCUT2D eigenvalue weighted by atomic mass is 10.1. The molecule has 26 heavy (non-hydrogen) atoms. The molecule has 0 aliphatic carbocycles. The fourth-order valence-corrected chi connectivity index (χ4v) is 3.79. The monoisotopic (exact) mass is 402 g/mol. The third-order valence-corrected chi connectivity index (χ3v) is 5.03. The highest BCUT2D eigenvalue weighted by Crippen LogP contribution is 2.25. The number of nitrogens with one attached hydrogen (secondary N) is 1. The number of amides is 1. The molecule has 5 nitrogen and oxygen atoms in total. The van der Waals surface area contributed by atoms with Gasteiger partial charge in [0.2, 0.25) is 15.9 Å². The summed E-state index contributed by atoms with van der Waals surface area (Å²) < 4.78 is 52.3. The average molecular weight is 403 g/mol. The number of sulfonamides is 1. The minimum atomic E-state index is -3.82. The van der Waals surface area contributed by atoms with Gasteiger partial charge in [-0.2, -0.15) is 0 Å². The maximum atomic E-state index is 13.8. The number of nitrogens with zero attached hydrogens (tertiary/aromatic N) is 1. The van der Waals surface area contributed by atoms with Crippen LogP contribution in [0.5, 0.6) is 0 Å². The minimum Gasteiger partial charge on any atom is -0.322 e. The Balaban J connectivity index is 2.38. The molecule has 0 fully saturated rings. The first kappa shape index (κ1) is 20.1. The number of halogens is 3. The highest BCUT2D eigenvalue weighted by Gasteiger charge is 2.31. The summed E-state index contributed by atoms with van der Waals surface area (Å²) in [5, 5.41) is 2.72. The van der Waals surface area contributed by atoms with E-state index in [0.29, 0.717) is 11.1 Å². The molecule has 0 spiro atoms. The van der Waals surface area contributed by atoms with Crippen LogP contribution in [-0.4, -0.2) is 26.6 Å². The van der Waals surface area contributed by atoms with Crippen molar-refractivity contribution in [1.29, 1.82) is 0 Å². The summed E-state index contributed by atoms with van der Waals surface area (Å²) in [6.45, 7) is 1.62. The van der Waals surface area contributed by atoms with Crippen molar-refractivity contribution in [3.05, 3.63) is 59.1 Å². The first-order valence-electron chi connectivity index (χ1n) is 7.64. The van der Waals surface area contributed by atoms with E-state index < -0.39 is 33.6 Å². The van der Waals surface area contributed by atoms with Crippen LogP contribution in [0.4, 0.5) is 20.2 Å². The van der Waals surface area contributed by atoms with E-state index in [0.717, 1.165) is 22.7 Å². The van der Waals surface area contributed by atoms with Gasteiger partial charge in [0.15, 0.2) is 0 Å². The van der Waals surface area contributed by atoms with Gasteiger partial charge in [0.05, 0.1) is 17.6 Å². The van der Waals surface area contributed by atoms with Crippen molar-refractivity contribution in [2.45, 2.75) is 19.4 Å².